The molecule has 0 unspecified atom stereocenters. The first kappa shape index (κ1) is 12.1. The molecule has 0 saturated carbocycles. The fourth-order valence-electron chi connectivity index (χ4n) is 0.948. The molecular formula is C8H14N4OS2. The Morgan fingerprint density at radius 3 is 2.93 bits per heavy atom. The Kier molecular flexibility index (Phi) is 4.70. The Morgan fingerprint density at radius 2 is 2.40 bits per heavy atom. The summed E-state index contributed by atoms with van der Waals surface area (Å²) in [4.78, 5) is 16.1. The smallest absolute Gasteiger partial charge is 0.265 e. The molecule has 0 aromatic carbocycles. The number of carbonyl (C=O) groups excluding carboxylic acids is 1. The summed E-state index contributed by atoms with van der Waals surface area (Å²) < 4.78 is 0. The maximum atomic E-state index is 11.6. The lowest BCUT2D eigenvalue weighted by Gasteiger charge is -2.01. The summed E-state index contributed by atoms with van der Waals surface area (Å²) in [5.74, 6) is 1.02. The van der Waals surface area contributed by atoms with Crippen molar-refractivity contribution in [1.82, 2.24) is 10.3 Å². The van der Waals surface area contributed by atoms with Crippen molar-refractivity contribution in [3.8, 4) is 0 Å². The summed E-state index contributed by atoms with van der Waals surface area (Å²) in [5.41, 5.74) is 5.62. The number of hydrogen-bond acceptors (Lipinski definition) is 6. The minimum atomic E-state index is -0.152. The average molecular weight is 246 g/mol. The van der Waals surface area contributed by atoms with E-state index in [4.69, 9.17) is 5.73 Å². The van der Waals surface area contributed by atoms with Crippen molar-refractivity contribution in [1.29, 1.82) is 0 Å². The predicted octanol–water partition coefficient (Wildman–Crippen LogP) is 0.860. The highest BCUT2D eigenvalue weighted by atomic mass is 32.2. The molecule has 7 heteroatoms. The van der Waals surface area contributed by atoms with E-state index in [0.29, 0.717) is 16.6 Å². The van der Waals surface area contributed by atoms with Crippen molar-refractivity contribution in [2.45, 2.75) is 0 Å². The van der Waals surface area contributed by atoms with E-state index >= 15 is 0 Å². The molecule has 5 nitrogen and oxygen atoms in total. The predicted molar refractivity (Wildman–Crippen MR) is 66.8 cm³/mol. The molecule has 1 heterocycles. The van der Waals surface area contributed by atoms with Crippen molar-refractivity contribution >= 4 is 40.0 Å². The van der Waals surface area contributed by atoms with Crippen LogP contribution >= 0.6 is 23.1 Å². The standard InChI is InChI=1S/C8H14N4OS2/c1-10-8-12-6(9)5(15-8)7(13)11-3-4-14-2/h3-4,9H2,1-2H3,(H,10,12)(H,11,13). The molecule has 1 amide bonds. The van der Waals surface area contributed by atoms with E-state index in [1.807, 2.05) is 6.26 Å². The van der Waals surface area contributed by atoms with Gasteiger partial charge in [-0.2, -0.15) is 11.8 Å². The van der Waals surface area contributed by atoms with Gasteiger partial charge in [0.2, 0.25) is 0 Å². The monoisotopic (exact) mass is 246 g/mol. The molecule has 15 heavy (non-hydrogen) atoms. The second-order valence-electron chi connectivity index (χ2n) is 2.73. The molecule has 0 atom stereocenters. The highest BCUT2D eigenvalue weighted by molar-refractivity contribution is 7.98. The molecule has 0 aliphatic rings. The Labute approximate surface area is 96.8 Å². The van der Waals surface area contributed by atoms with Gasteiger partial charge < -0.3 is 16.4 Å². The summed E-state index contributed by atoms with van der Waals surface area (Å²) in [7, 11) is 1.74. The molecule has 84 valence electrons. The first-order valence-corrected chi connectivity index (χ1v) is 6.61. The van der Waals surface area contributed by atoms with Crippen LogP contribution in [-0.4, -0.2) is 36.5 Å². The third kappa shape index (κ3) is 3.28. The molecule has 0 fully saturated rings. The number of hydrogen-bond donors (Lipinski definition) is 3. The normalized spacial score (nSPS) is 10.0. The largest absolute Gasteiger partial charge is 0.382 e. The van der Waals surface area contributed by atoms with Crippen LogP contribution in [0.1, 0.15) is 9.67 Å². The van der Waals surface area contributed by atoms with Crippen LogP contribution < -0.4 is 16.4 Å². The number of carbonyl (C=O) groups is 1. The lowest BCUT2D eigenvalue weighted by atomic mass is 10.4. The van der Waals surface area contributed by atoms with Crippen LogP contribution in [0.4, 0.5) is 10.9 Å². The zero-order chi connectivity index (χ0) is 11.3. The quantitative estimate of drug-likeness (QED) is 0.671. The molecule has 0 spiro atoms. The SMILES string of the molecule is CNc1nc(N)c(C(=O)NCCSC)s1. The average Bonchev–Trinajstić information content (AvgIpc) is 2.60. The van der Waals surface area contributed by atoms with Gasteiger partial charge in [0, 0.05) is 19.3 Å². The number of nitrogen functional groups attached to an aromatic ring is 1. The molecular weight excluding hydrogens is 232 g/mol. The van der Waals surface area contributed by atoms with E-state index in [1.165, 1.54) is 11.3 Å². The van der Waals surface area contributed by atoms with E-state index < -0.39 is 0 Å². The molecule has 0 saturated heterocycles. The fourth-order valence-corrected chi connectivity index (χ4v) is 2.01. The van der Waals surface area contributed by atoms with Gasteiger partial charge in [0.25, 0.3) is 5.91 Å². The van der Waals surface area contributed by atoms with Crippen LogP contribution in [-0.2, 0) is 0 Å². The summed E-state index contributed by atoms with van der Waals surface area (Å²) in [6.07, 6.45) is 1.99. The highest BCUT2D eigenvalue weighted by Crippen LogP contribution is 2.23. The van der Waals surface area contributed by atoms with Crippen molar-refractivity contribution in [3.05, 3.63) is 4.88 Å². The molecule has 4 N–H and O–H groups in total. The van der Waals surface area contributed by atoms with E-state index in [-0.39, 0.29) is 11.7 Å². The summed E-state index contributed by atoms with van der Waals surface area (Å²) in [6, 6.07) is 0. The summed E-state index contributed by atoms with van der Waals surface area (Å²) in [6.45, 7) is 0.645. The maximum absolute atomic E-state index is 11.6. The highest BCUT2D eigenvalue weighted by Gasteiger charge is 2.14. The van der Waals surface area contributed by atoms with Crippen molar-refractivity contribution < 1.29 is 4.79 Å². The van der Waals surface area contributed by atoms with Crippen LogP contribution in [0.2, 0.25) is 0 Å². The van der Waals surface area contributed by atoms with Gasteiger partial charge in [-0.1, -0.05) is 11.3 Å². The van der Waals surface area contributed by atoms with Crippen molar-refractivity contribution in [2.24, 2.45) is 0 Å². The van der Waals surface area contributed by atoms with Crippen LogP contribution in [0.25, 0.3) is 0 Å². The topological polar surface area (TPSA) is 80.0 Å². The lowest BCUT2D eigenvalue weighted by molar-refractivity contribution is 0.0961. The molecule has 1 aromatic rings. The molecule has 0 aliphatic heterocycles. The van der Waals surface area contributed by atoms with Crippen LogP contribution in [0.15, 0.2) is 0 Å². The number of aromatic nitrogens is 1. The van der Waals surface area contributed by atoms with E-state index in [0.717, 1.165) is 5.75 Å². The molecule has 0 radical (unpaired) electrons. The van der Waals surface area contributed by atoms with Gasteiger partial charge in [0.15, 0.2) is 5.13 Å². The summed E-state index contributed by atoms with van der Waals surface area (Å²) in [5, 5.41) is 6.29. The fraction of sp³-hybridized carbons (Fsp3) is 0.500. The van der Waals surface area contributed by atoms with Gasteiger partial charge in [-0.3, -0.25) is 4.79 Å². The second kappa shape index (κ2) is 5.82. The Hall–Kier alpha value is -0.950. The van der Waals surface area contributed by atoms with Gasteiger partial charge in [-0.25, -0.2) is 4.98 Å². The summed E-state index contributed by atoms with van der Waals surface area (Å²) >= 11 is 2.94. The third-order valence-corrected chi connectivity index (χ3v) is 3.37. The molecule has 1 aromatic heterocycles. The van der Waals surface area contributed by atoms with Crippen LogP contribution in [0, 0.1) is 0 Å². The Morgan fingerprint density at radius 1 is 1.67 bits per heavy atom. The minimum absolute atomic E-state index is 0.152. The van der Waals surface area contributed by atoms with Crippen molar-refractivity contribution in [2.75, 3.05) is 36.7 Å². The number of nitrogens with zero attached hydrogens (tertiary/aromatic N) is 1. The Bertz CT molecular complexity index is 339. The first-order valence-electron chi connectivity index (χ1n) is 4.40. The van der Waals surface area contributed by atoms with Gasteiger partial charge in [0.05, 0.1) is 0 Å². The molecule has 1 rings (SSSR count). The maximum Gasteiger partial charge on any atom is 0.265 e. The van der Waals surface area contributed by atoms with Gasteiger partial charge in [-0.05, 0) is 6.26 Å². The zero-order valence-corrected chi connectivity index (χ0v) is 10.3. The van der Waals surface area contributed by atoms with E-state index in [2.05, 4.69) is 15.6 Å². The Balaban J connectivity index is 2.60. The first-order chi connectivity index (χ1) is 7.19. The lowest BCUT2D eigenvalue weighted by Crippen LogP contribution is -2.25. The minimum Gasteiger partial charge on any atom is -0.382 e. The number of thioether (sulfide) groups is 1. The number of nitrogens with two attached hydrogens (primary N) is 1. The van der Waals surface area contributed by atoms with Crippen molar-refractivity contribution in [3.63, 3.8) is 0 Å². The number of nitrogens with one attached hydrogen (secondary N) is 2. The number of rotatable bonds is 5. The molecule has 0 aliphatic carbocycles. The third-order valence-electron chi connectivity index (χ3n) is 1.67. The van der Waals surface area contributed by atoms with Gasteiger partial charge in [-0.15, -0.1) is 0 Å². The number of thiazole rings is 1. The van der Waals surface area contributed by atoms with E-state index in [9.17, 15) is 4.79 Å². The van der Waals surface area contributed by atoms with Gasteiger partial charge >= 0.3 is 0 Å². The molecule has 0 bridgehead atoms. The van der Waals surface area contributed by atoms with Crippen LogP contribution in [0.3, 0.4) is 0 Å². The van der Waals surface area contributed by atoms with Crippen LogP contribution in [0.5, 0.6) is 0 Å². The number of amides is 1. The van der Waals surface area contributed by atoms with Gasteiger partial charge in [0.1, 0.15) is 10.7 Å². The zero-order valence-electron chi connectivity index (χ0n) is 8.66. The second-order valence-corrected chi connectivity index (χ2v) is 4.72. The number of anilines is 2. The van der Waals surface area contributed by atoms with E-state index in [1.54, 1.807) is 18.8 Å².